The molecule has 5 heterocycles. The van der Waals surface area contributed by atoms with Gasteiger partial charge in [0.05, 0.1) is 12.5 Å². The predicted octanol–water partition coefficient (Wildman–Crippen LogP) is 15.9. The van der Waals surface area contributed by atoms with Crippen LogP contribution in [0.25, 0.3) is 38.8 Å². The Balaban J connectivity index is 0.00000548. The monoisotopic (exact) mass is 1050 g/mol. The van der Waals surface area contributed by atoms with Gasteiger partial charge in [0.1, 0.15) is 11.5 Å². The molecule has 3 aliphatic heterocycles. The molecule has 3 aliphatic rings. The van der Waals surface area contributed by atoms with Gasteiger partial charge in [-0.25, -0.2) is 4.98 Å². The molecule has 2 atom stereocenters. The number of pyridine rings is 1. The van der Waals surface area contributed by atoms with Crippen molar-refractivity contribution in [3.8, 4) is 28.4 Å². The quantitative estimate of drug-likeness (QED) is 0.123. The number of nitrogens with zero attached hydrogens (tertiary/aromatic N) is 4. The molecule has 0 N–H and O–H groups in total. The molecule has 0 unspecified atom stereocenters. The number of hydrogen-bond acceptors (Lipinski definition) is 2. The van der Waals surface area contributed by atoms with Gasteiger partial charge in [-0.2, -0.15) is 6.07 Å². The van der Waals surface area contributed by atoms with E-state index in [9.17, 15) is 0 Å². The van der Waals surface area contributed by atoms with Crippen LogP contribution >= 0.6 is 0 Å². The first-order chi connectivity index (χ1) is 30.6. The van der Waals surface area contributed by atoms with Gasteiger partial charge in [0, 0.05) is 73.7 Å². The van der Waals surface area contributed by atoms with Crippen LogP contribution in [-0.4, -0.2) is 16.2 Å². The van der Waals surface area contributed by atoms with Crippen molar-refractivity contribution in [3.63, 3.8) is 0 Å². The van der Waals surface area contributed by atoms with Gasteiger partial charge in [0.15, 0.2) is 18.0 Å². The molecular weight excluding hydrogens is 995 g/mol. The topological polar surface area (TPSA) is 27.1 Å². The van der Waals surface area contributed by atoms with Crippen LogP contribution in [0.5, 0.6) is 11.5 Å². The zero-order valence-electron chi connectivity index (χ0n) is 40.3. The summed E-state index contributed by atoms with van der Waals surface area (Å²) in [6, 6.07) is 49.9. The van der Waals surface area contributed by atoms with E-state index in [0.717, 1.165) is 40.0 Å². The van der Waals surface area contributed by atoms with Crippen molar-refractivity contribution in [2.24, 2.45) is 0 Å². The van der Waals surface area contributed by atoms with E-state index in [-0.39, 0.29) is 48.5 Å². The summed E-state index contributed by atoms with van der Waals surface area (Å²) < 4.78 is 26.1. The molecular formula is C59H60FN4OPt-. The number of fused-ring (bicyclic) bond motifs is 3. The summed E-state index contributed by atoms with van der Waals surface area (Å²) >= 11 is 0. The third kappa shape index (κ3) is 7.45. The van der Waals surface area contributed by atoms with Gasteiger partial charge in [-0.05, 0) is 79.1 Å². The largest absolute Gasteiger partial charge is 0.506 e. The predicted molar refractivity (Wildman–Crippen MR) is 268 cm³/mol. The Morgan fingerprint density at radius 3 is 1.94 bits per heavy atom. The van der Waals surface area contributed by atoms with Gasteiger partial charge in [-0.15, -0.1) is 24.3 Å². The van der Waals surface area contributed by atoms with Crippen LogP contribution in [0.3, 0.4) is 0 Å². The number of para-hydroxylation sites is 2. The Morgan fingerprint density at radius 2 is 1.26 bits per heavy atom. The first-order valence-corrected chi connectivity index (χ1v) is 22.9. The Morgan fingerprint density at radius 1 is 0.621 bits per heavy atom. The SMILES string of the molecule is CC(C)(C)c1cccc(-c2cccc3c2[N@@+]2(c4cc(C(C)(C)C)cc(C(C)(C)C)c4)[CH-][N@+]3(c3[c-]c(Oc4[c-]c5c(cc4F)c4ccccc4n5-c4cc(C(C)(C)C)ccn4)ccc3)C2)c1.[Pt]. The van der Waals surface area contributed by atoms with E-state index < -0.39 is 5.82 Å². The first-order valence-electron chi connectivity index (χ1n) is 22.9. The molecule has 2 aromatic heterocycles. The molecule has 0 spiro atoms. The van der Waals surface area contributed by atoms with E-state index in [1.54, 1.807) is 6.07 Å². The zero-order chi connectivity index (χ0) is 46.1. The van der Waals surface area contributed by atoms with Gasteiger partial charge >= 0.3 is 0 Å². The van der Waals surface area contributed by atoms with Crippen LogP contribution in [0, 0.1) is 24.6 Å². The van der Waals surface area contributed by atoms with Crippen LogP contribution < -0.4 is 13.7 Å². The normalized spacial score (nSPS) is 18.3. The molecule has 66 heavy (non-hydrogen) atoms. The molecule has 5 nitrogen and oxygen atoms in total. The summed E-state index contributed by atoms with van der Waals surface area (Å²) in [6.45, 7) is 30.4. The standard InChI is InChI=1S/C59H60FN4O.Pt/c1-56(2,3)39-19-15-18-38(28-39)46-23-17-25-52-55(46)64(44-30-41(58(7,8)9)29-42(31-44)59(10,11)12)36-63(52,37-64)43-20-16-21-45(33-43)65-53-35-51-48(34-49(53)60)47-22-13-14-24-50(47)62(51)54-32-40(26-27-61-54)57(4,5)6;/h13-32,34,36H,37H2,1-12H3;/q-1;/t63-,64+;/m1./s1. The molecule has 0 saturated carbocycles. The molecule has 0 radical (unpaired) electrons. The summed E-state index contributed by atoms with van der Waals surface area (Å²) in [5.74, 6) is 0.689. The molecule has 6 aromatic carbocycles. The molecule has 340 valence electrons. The number of quaternary nitrogens is 2. The van der Waals surface area contributed by atoms with Gasteiger partial charge in [-0.1, -0.05) is 155 Å². The average Bonchev–Trinajstić information content (AvgIpc) is 3.84. The van der Waals surface area contributed by atoms with Gasteiger partial charge in [0.2, 0.25) is 0 Å². The minimum Gasteiger partial charge on any atom is -0.506 e. The summed E-state index contributed by atoms with van der Waals surface area (Å²) in [6.07, 6.45) is 1.85. The summed E-state index contributed by atoms with van der Waals surface area (Å²) in [5.41, 5.74) is 13.6. The fourth-order valence-corrected chi connectivity index (χ4v) is 9.90. The van der Waals surface area contributed by atoms with Crippen molar-refractivity contribution in [2.75, 3.05) is 6.67 Å². The zero-order valence-corrected chi connectivity index (χ0v) is 42.6. The third-order valence-electron chi connectivity index (χ3n) is 13.7. The van der Waals surface area contributed by atoms with Crippen LogP contribution in [0.2, 0.25) is 0 Å². The number of halogens is 1. The van der Waals surface area contributed by atoms with Gasteiger partial charge < -0.3 is 13.8 Å². The summed E-state index contributed by atoms with van der Waals surface area (Å²) in [7, 11) is 0. The number of hydrogen-bond donors (Lipinski definition) is 0. The van der Waals surface area contributed by atoms with E-state index in [4.69, 9.17) is 9.72 Å². The molecule has 8 aromatic rings. The number of aromatic nitrogens is 2. The second-order valence-corrected chi connectivity index (χ2v) is 22.5. The molecule has 0 aliphatic carbocycles. The summed E-state index contributed by atoms with van der Waals surface area (Å²) in [4.78, 5) is 4.81. The van der Waals surface area contributed by atoms with Crippen molar-refractivity contribution in [3.05, 3.63) is 174 Å². The third-order valence-corrected chi connectivity index (χ3v) is 13.7. The van der Waals surface area contributed by atoms with E-state index >= 15 is 4.39 Å². The van der Waals surface area contributed by atoms with Crippen molar-refractivity contribution in [1.29, 1.82) is 0 Å². The second-order valence-electron chi connectivity index (χ2n) is 22.5. The molecule has 1 saturated heterocycles. The second kappa shape index (κ2) is 15.6. The van der Waals surface area contributed by atoms with Gasteiger partial charge in [0.25, 0.3) is 0 Å². The molecule has 1 fully saturated rings. The van der Waals surface area contributed by atoms with Crippen molar-refractivity contribution in [1.82, 2.24) is 18.5 Å². The van der Waals surface area contributed by atoms with Crippen molar-refractivity contribution >= 4 is 44.6 Å². The van der Waals surface area contributed by atoms with Crippen molar-refractivity contribution < 1.29 is 30.2 Å². The van der Waals surface area contributed by atoms with E-state index in [0.29, 0.717) is 20.2 Å². The van der Waals surface area contributed by atoms with E-state index in [1.165, 1.54) is 44.9 Å². The maximum Gasteiger partial charge on any atom is 0.187 e. The van der Waals surface area contributed by atoms with E-state index in [2.05, 4.69) is 185 Å². The average molecular weight is 1060 g/mol. The van der Waals surface area contributed by atoms with Crippen LogP contribution in [0.15, 0.2) is 128 Å². The number of benzene rings is 6. The van der Waals surface area contributed by atoms with Crippen LogP contribution in [0.1, 0.15) is 105 Å². The molecule has 11 rings (SSSR count). The Bertz CT molecular complexity index is 3170. The Labute approximate surface area is 405 Å². The fourth-order valence-electron chi connectivity index (χ4n) is 9.90. The maximum absolute atomic E-state index is 16.4. The number of rotatable bonds is 6. The molecule has 0 amide bonds. The molecule has 2 bridgehead atoms. The molecule has 7 heteroatoms. The smallest absolute Gasteiger partial charge is 0.187 e. The van der Waals surface area contributed by atoms with E-state index in [1.807, 2.05) is 42.6 Å². The van der Waals surface area contributed by atoms with Gasteiger partial charge in [-0.3, -0.25) is 8.87 Å². The number of ether oxygens (including phenoxy) is 1. The fraction of sp³-hybridized carbons (Fsp3) is 0.288. The first kappa shape index (κ1) is 45.8. The minimum absolute atomic E-state index is 0. The summed E-state index contributed by atoms with van der Waals surface area (Å²) in [5, 5.41) is 1.67. The van der Waals surface area contributed by atoms with Crippen LogP contribution in [-0.2, 0) is 42.7 Å². The maximum atomic E-state index is 16.4. The van der Waals surface area contributed by atoms with Crippen molar-refractivity contribution in [2.45, 2.75) is 105 Å². The van der Waals surface area contributed by atoms with Crippen LogP contribution in [0.4, 0.5) is 27.1 Å². The minimum atomic E-state index is -0.490. The Hall–Kier alpha value is -5.39. The Kier molecular flexibility index (Phi) is 10.8.